The van der Waals surface area contributed by atoms with Crippen molar-refractivity contribution in [3.8, 4) is 0 Å². The summed E-state index contributed by atoms with van der Waals surface area (Å²) in [5, 5.41) is 8.86. The monoisotopic (exact) mass is 461 g/mol. The van der Waals surface area contributed by atoms with E-state index in [4.69, 9.17) is 16.7 Å². The van der Waals surface area contributed by atoms with E-state index in [0.29, 0.717) is 34.3 Å². The van der Waals surface area contributed by atoms with Crippen LogP contribution in [0, 0.1) is 5.92 Å². The Morgan fingerprint density at radius 3 is 2.71 bits per heavy atom. The van der Waals surface area contributed by atoms with Crippen LogP contribution in [0.4, 0.5) is 5.69 Å². The average Bonchev–Trinajstić information content (AvgIpc) is 2.89. The molecule has 1 heterocycles. The minimum Gasteiger partial charge on any atom is -0.326 e. The second-order valence-corrected chi connectivity index (χ2v) is 10.3. The lowest BCUT2D eigenvalue weighted by Crippen LogP contribution is -2.19. The van der Waals surface area contributed by atoms with Crippen LogP contribution < -0.4 is 10.5 Å². The van der Waals surface area contributed by atoms with Gasteiger partial charge in [0.15, 0.2) is 0 Å². The number of nitrogens with two attached hydrogens (primary N) is 1. The minimum absolute atomic E-state index is 0.0155. The molecule has 1 unspecified atom stereocenters. The van der Waals surface area contributed by atoms with E-state index in [1.165, 1.54) is 6.07 Å². The Morgan fingerprint density at radius 1 is 1.29 bits per heavy atom. The van der Waals surface area contributed by atoms with Crippen LogP contribution in [0.25, 0.3) is 0 Å². The van der Waals surface area contributed by atoms with Crippen LogP contribution >= 0.6 is 11.6 Å². The third-order valence-corrected chi connectivity index (χ3v) is 6.75. The number of halogens is 1. The minimum atomic E-state index is -4.00. The number of carbonyl (C=O) groups excluding carboxylic acids is 1. The number of hydrogen-bond donors (Lipinski definition) is 2. The summed E-state index contributed by atoms with van der Waals surface area (Å²) < 4.78 is 24.7. The van der Waals surface area contributed by atoms with Crippen LogP contribution in [0.1, 0.15) is 55.7 Å². The zero-order valence-corrected chi connectivity index (χ0v) is 19.3. The summed E-state index contributed by atoms with van der Waals surface area (Å²) in [6.07, 6.45) is 4.42. The Morgan fingerprint density at radius 2 is 2.03 bits per heavy atom. The third-order valence-electron chi connectivity index (χ3n) is 5.43. The van der Waals surface area contributed by atoms with Gasteiger partial charge in [-0.05, 0) is 54.0 Å². The SMILES string of the molecule is CC(C)CCC1CCN=Cc2c1cc(NC(=O)Cc1ccccc1Cl)cc2S(N)(=O)=O. The molecule has 0 bridgehead atoms. The van der Waals surface area contributed by atoms with Crippen molar-refractivity contribution in [1.29, 1.82) is 0 Å². The number of anilines is 1. The van der Waals surface area contributed by atoms with E-state index in [2.05, 4.69) is 24.2 Å². The number of hydrogen-bond acceptors (Lipinski definition) is 4. The Hall–Kier alpha value is -2.22. The number of primary sulfonamides is 1. The molecule has 2 aromatic carbocycles. The highest BCUT2D eigenvalue weighted by Gasteiger charge is 2.25. The van der Waals surface area contributed by atoms with Gasteiger partial charge in [-0.2, -0.15) is 0 Å². The van der Waals surface area contributed by atoms with Gasteiger partial charge in [0.25, 0.3) is 0 Å². The summed E-state index contributed by atoms with van der Waals surface area (Å²) in [6.45, 7) is 4.94. The Kier molecular flexibility index (Phi) is 7.51. The summed E-state index contributed by atoms with van der Waals surface area (Å²) in [5.74, 6) is 0.388. The predicted molar refractivity (Wildman–Crippen MR) is 125 cm³/mol. The van der Waals surface area contributed by atoms with E-state index < -0.39 is 10.0 Å². The molecular weight excluding hydrogens is 434 g/mol. The quantitative estimate of drug-likeness (QED) is 0.634. The first kappa shape index (κ1) is 23.4. The summed E-state index contributed by atoms with van der Waals surface area (Å²) in [4.78, 5) is 17.0. The van der Waals surface area contributed by atoms with Gasteiger partial charge in [0, 0.05) is 29.0 Å². The number of sulfonamides is 1. The molecule has 0 spiro atoms. The molecule has 0 fully saturated rings. The van der Waals surface area contributed by atoms with Gasteiger partial charge in [-0.15, -0.1) is 0 Å². The fourth-order valence-corrected chi connectivity index (χ4v) is 4.80. The first-order valence-corrected chi connectivity index (χ1v) is 12.3. The van der Waals surface area contributed by atoms with Crippen molar-refractivity contribution >= 4 is 39.4 Å². The largest absolute Gasteiger partial charge is 0.326 e. The van der Waals surface area contributed by atoms with Gasteiger partial charge in [0.2, 0.25) is 15.9 Å². The number of benzene rings is 2. The molecule has 3 rings (SSSR count). The van der Waals surface area contributed by atoms with Gasteiger partial charge in [0.1, 0.15) is 0 Å². The van der Waals surface area contributed by atoms with Gasteiger partial charge >= 0.3 is 0 Å². The van der Waals surface area contributed by atoms with Gasteiger partial charge in [-0.1, -0.05) is 50.1 Å². The highest BCUT2D eigenvalue weighted by Crippen LogP contribution is 2.35. The van der Waals surface area contributed by atoms with Crippen LogP contribution in [0.2, 0.25) is 5.02 Å². The number of rotatable bonds is 7. The van der Waals surface area contributed by atoms with E-state index in [9.17, 15) is 13.2 Å². The maximum atomic E-state index is 12.7. The molecule has 166 valence electrons. The number of aliphatic imine (C=N–C) groups is 1. The third kappa shape index (κ3) is 6.15. The van der Waals surface area contributed by atoms with Crippen LogP contribution in [0.3, 0.4) is 0 Å². The number of nitrogens with one attached hydrogen (secondary N) is 1. The predicted octanol–water partition coefficient (Wildman–Crippen LogP) is 4.51. The molecule has 1 amide bonds. The highest BCUT2D eigenvalue weighted by molar-refractivity contribution is 7.89. The Bertz CT molecular complexity index is 1100. The molecule has 0 saturated carbocycles. The van der Waals surface area contributed by atoms with E-state index in [1.54, 1.807) is 24.4 Å². The fraction of sp³-hybridized carbons (Fsp3) is 0.391. The molecule has 0 aliphatic carbocycles. The molecule has 0 aromatic heterocycles. The molecule has 31 heavy (non-hydrogen) atoms. The second kappa shape index (κ2) is 9.94. The van der Waals surface area contributed by atoms with E-state index in [-0.39, 0.29) is 23.1 Å². The Labute approximate surface area is 189 Å². The normalized spacial score (nSPS) is 16.1. The lowest BCUT2D eigenvalue weighted by Gasteiger charge is -2.21. The molecule has 8 heteroatoms. The molecule has 2 aromatic rings. The summed E-state index contributed by atoms with van der Waals surface area (Å²) >= 11 is 6.16. The molecule has 6 nitrogen and oxygen atoms in total. The molecule has 1 aliphatic heterocycles. The van der Waals surface area contributed by atoms with Crippen molar-refractivity contribution in [2.24, 2.45) is 16.0 Å². The lowest BCUT2D eigenvalue weighted by atomic mass is 9.86. The topological polar surface area (TPSA) is 102 Å². The smallest absolute Gasteiger partial charge is 0.238 e. The summed E-state index contributed by atoms with van der Waals surface area (Å²) in [7, 11) is -4.00. The maximum Gasteiger partial charge on any atom is 0.238 e. The Balaban J connectivity index is 1.97. The van der Waals surface area contributed by atoms with Crippen molar-refractivity contribution in [1.82, 2.24) is 0 Å². The standard InChI is InChI=1S/C23H28ClN3O3S/c1-15(2)7-8-16-9-10-26-14-20-19(16)12-18(13-22(20)31(25,29)30)27-23(28)11-17-5-3-4-6-21(17)24/h3-6,12-16H,7-11H2,1-2H3,(H,27,28)(H2,25,29,30). The van der Waals surface area contributed by atoms with E-state index in [1.807, 2.05) is 12.1 Å². The van der Waals surface area contributed by atoms with Crippen LogP contribution in [0.5, 0.6) is 0 Å². The van der Waals surface area contributed by atoms with Crippen LogP contribution in [-0.2, 0) is 21.2 Å². The van der Waals surface area contributed by atoms with E-state index >= 15 is 0 Å². The van der Waals surface area contributed by atoms with Crippen molar-refractivity contribution in [2.75, 3.05) is 11.9 Å². The first-order valence-electron chi connectivity index (χ1n) is 10.4. The van der Waals surface area contributed by atoms with Gasteiger partial charge in [-0.25, -0.2) is 13.6 Å². The van der Waals surface area contributed by atoms with Crippen LogP contribution in [-0.4, -0.2) is 27.1 Å². The summed E-state index contributed by atoms with van der Waals surface area (Å²) in [6, 6.07) is 10.4. The molecule has 0 saturated heterocycles. The summed E-state index contributed by atoms with van der Waals surface area (Å²) in [5.41, 5.74) is 2.49. The number of carbonyl (C=O) groups is 1. The first-order chi connectivity index (χ1) is 14.6. The van der Waals surface area contributed by atoms with Crippen LogP contribution in [0.15, 0.2) is 46.3 Å². The number of amides is 1. The molecule has 1 aliphatic rings. The lowest BCUT2D eigenvalue weighted by molar-refractivity contribution is -0.115. The van der Waals surface area contributed by atoms with Crippen molar-refractivity contribution in [2.45, 2.75) is 50.3 Å². The number of nitrogens with zero attached hydrogens (tertiary/aromatic N) is 1. The zero-order chi connectivity index (χ0) is 22.6. The maximum absolute atomic E-state index is 12.7. The van der Waals surface area contributed by atoms with Crippen molar-refractivity contribution in [3.05, 3.63) is 58.1 Å². The van der Waals surface area contributed by atoms with Crippen molar-refractivity contribution < 1.29 is 13.2 Å². The van der Waals surface area contributed by atoms with Crippen molar-refractivity contribution in [3.63, 3.8) is 0 Å². The van der Waals surface area contributed by atoms with Gasteiger partial charge < -0.3 is 5.32 Å². The fourth-order valence-electron chi connectivity index (χ4n) is 3.83. The highest BCUT2D eigenvalue weighted by atomic mass is 35.5. The van der Waals surface area contributed by atoms with Gasteiger partial charge in [-0.3, -0.25) is 9.79 Å². The molecule has 1 atom stereocenters. The second-order valence-electron chi connectivity index (χ2n) is 8.33. The zero-order valence-electron chi connectivity index (χ0n) is 17.8. The van der Waals surface area contributed by atoms with Gasteiger partial charge in [0.05, 0.1) is 11.3 Å². The molecule has 0 radical (unpaired) electrons. The molecule has 3 N–H and O–H groups in total. The number of fused-ring (bicyclic) bond motifs is 1. The van der Waals surface area contributed by atoms with E-state index in [0.717, 1.165) is 24.8 Å². The average molecular weight is 462 g/mol. The molecular formula is C23H28ClN3O3S.